The van der Waals surface area contributed by atoms with Gasteiger partial charge in [0.2, 0.25) is 0 Å². The molecule has 1 fully saturated rings. The van der Waals surface area contributed by atoms with Crippen LogP contribution in [-0.2, 0) is 9.53 Å². The van der Waals surface area contributed by atoms with Crippen LogP contribution in [0.3, 0.4) is 0 Å². The lowest BCUT2D eigenvalue weighted by molar-refractivity contribution is -0.900. The minimum Gasteiger partial charge on any atom is -0.370 e. The van der Waals surface area contributed by atoms with Crippen LogP contribution in [0.25, 0.3) is 0 Å². The van der Waals surface area contributed by atoms with E-state index >= 15 is 0 Å². The summed E-state index contributed by atoms with van der Waals surface area (Å²) in [5, 5.41) is 0. The lowest BCUT2D eigenvalue weighted by Crippen LogP contribution is -3.15. The van der Waals surface area contributed by atoms with Crippen LogP contribution in [0.5, 0.6) is 0 Å². The fraction of sp³-hybridized carbons (Fsp3) is 0.385. The predicted molar refractivity (Wildman–Crippen MR) is 76.1 cm³/mol. The molecular formula is C13H17BrN3O3+. The number of hydrogen-bond donors (Lipinski definition) is 3. The number of ether oxygens (including phenoxy) is 1. The highest BCUT2D eigenvalue weighted by Crippen LogP contribution is 2.14. The molecule has 2 amide bonds. The first kappa shape index (κ1) is 15.0. The van der Waals surface area contributed by atoms with Gasteiger partial charge in [-0.1, -0.05) is 12.1 Å². The zero-order valence-electron chi connectivity index (χ0n) is 10.9. The van der Waals surface area contributed by atoms with E-state index in [2.05, 4.69) is 26.8 Å². The molecule has 2 rings (SSSR count). The number of quaternary nitrogens is 1. The number of hydrogen-bond acceptors (Lipinski definition) is 3. The van der Waals surface area contributed by atoms with Crippen LogP contribution in [0.2, 0.25) is 0 Å². The highest BCUT2D eigenvalue weighted by atomic mass is 79.9. The van der Waals surface area contributed by atoms with Crippen molar-refractivity contribution in [2.45, 2.75) is 0 Å². The summed E-state index contributed by atoms with van der Waals surface area (Å²) >= 11 is 3.29. The van der Waals surface area contributed by atoms with Gasteiger partial charge in [-0.15, -0.1) is 0 Å². The maximum Gasteiger partial charge on any atom is 0.293 e. The minimum atomic E-state index is -0.345. The molecule has 108 valence electrons. The highest BCUT2D eigenvalue weighted by Gasteiger charge is 2.18. The third-order valence-electron chi connectivity index (χ3n) is 3.04. The van der Waals surface area contributed by atoms with Crippen molar-refractivity contribution in [3.63, 3.8) is 0 Å². The summed E-state index contributed by atoms with van der Waals surface area (Å²) in [4.78, 5) is 24.8. The molecule has 0 bridgehead atoms. The maximum absolute atomic E-state index is 11.9. The Morgan fingerprint density at radius 3 is 2.60 bits per heavy atom. The third-order valence-corrected chi connectivity index (χ3v) is 3.74. The second-order valence-corrected chi connectivity index (χ2v) is 5.38. The van der Waals surface area contributed by atoms with E-state index in [9.17, 15) is 9.59 Å². The van der Waals surface area contributed by atoms with Crippen LogP contribution < -0.4 is 15.8 Å². The normalized spacial score (nSPS) is 15.7. The van der Waals surface area contributed by atoms with Crippen LogP contribution in [0.1, 0.15) is 10.4 Å². The Balaban J connectivity index is 1.78. The van der Waals surface area contributed by atoms with Crippen LogP contribution in [0.15, 0.2) is 28.7 Å². The van der Waals surface area contributed by atoms with Crippen molar-refractivity contribution in [3.05, 3.63) is 34.3 Å². The fourth-order valence-electron chi connectivity index (χ4n) is 1.95. The number of halogens is 1. The minimum absolute atomic E-state index is 0.206. The summed E-state index contributed by atoms with van der Waals surface area (Å²) in [5.41, 5.74) is 5.33. The van der Waals surface area contributed by atoms with Gasteiger partial charge in [-0.25, -0.2) is 0 Å². The van der Waals surface area contributed by atoms with E-state index in [0.717, 1.165) is 18.0 Å². The molecule has 0 spiro atoms. The largest absolute Gasteiger partial charge is 0.370 e. The average Bonchev–Trinajstić information content (AvgIpc) is 2.46. The highest BCUT2D eigenvalue weighted by molar-refractivity contribution is 9.10. The molecule has 1 aromatic rings. The summed E-state index contributed by atoms with van der Waals surface area (Å²) in [6.07, 6.45) is 0. The first-order chi connectivity index (χ1) is 9.66. The molecular weight excluding hydrogens is 326 g/mol. The average molecular weight is 343 g/mol. The zero-order valence-corrected chi connectivity index (χ0v) is 12.5. The van der Waals surface area contributed by atoms with Crippen molar-refractivity contribution in [1.29, 1.82) is 0 Å². The van der Waals surface area contributed by atoms with E-state index in [1.807, 2.05) is 6.07 Å². The lowest BCUT2D eigenvalue weighted by Gasteiger charge is -2.23. The molecule has 0 unspecified atom stereocenters. The molecule has 1 saturated heterocycles. The molecule has 6 nitrogen and oxygen atoms in total. The smallest absolute Gasteiger partial charge is 0.293 e. The topological polar surface area (TPSA) is 71.9 Å². The van der Waals surface area contributed by atoms with Gasteiger partial charge in [0.15, 0.2) is 6.54 Å². The Morgan fingerprint density at radius 1 is 1.20 bits per heavy atom. The van der Waals surface area contributed by atoms with Gasteiger partial charge in [0.1, 0.15) is 13.1 Å². The Kier molecular flexibility index (Phi) is 5.51. The predicted octanol–water partition coefficient (Wildman–Crippen LogP) is -0.875. The number of carbonyl (C=O) groups is 2. The van der Waals surface area contributed by atoms with E-state index in [0.29, 0.717) is 29.8 Å². The van der Waals surface area contributed by atoms with Gasteiger partial charge < -0.3 is 9.64 Å². The van der Waals surface area contributed by atoms with Crippen LogP contribution in [0, 0.1) is 0 Å². The molecule has 7 heteroatoms. The summed E-state index contributed by atoms with van der Waals surface area (Å²) < 4.78 is 5.91. The number of carbonyl (C=O) groups excluding carboxylic acids is 2. The summed E-state index contributed by atoms with van der Waals surface area (Å²) in [5.74, 6) is -0.551. The molecule has 1 aliphatic rings. The molecule has 1 heterocycles. The van der Waals surface area contributed by atoms with Crippen molar-refractivity contribution in [2.75, 3.05) is 32.8 Å². The third kappa shape index (κ3) is 4.29. The van der Waals surface area contributed by atoms with Gasteiger partial charge in [-0.05, 0) is 28.1 Å². The molecule has 0 radical (unpaired) electrons. The zero-order chi connectivity index (χ0) is 14.4. The molecule has 0 atom stereocenters. The van der Waals surface area contributed by atoms with Gasteiger partial charge >= 0.3 is 0 Å². The number of amides is 2. The number of nitrogens with one attached hydrogen (secondary N) is 3. The molecule has 1 aromatic carbocycles. The Hall–Kier alpha value is -1.44. The van der Waals surface area contributed by atoms with E-state index < -0.39 is 0 Å². The first-order valence-corrected chi connectivity index (χ1v) is 7.21. The standard InChI is InChI=1S/C13H16BrN3O3/c14-11-4-2-1-3-10(11)13(19)16-15-12(18)9-17-5-7-20-8-6-17/h1-4H,5-9H2,(H,15,18)(H,16,19)/p+1. The van der Waals surface area contributed by atoms with Crippen molar-refractivity contribution in [1.82, 2.24) is 10.9 Å². The molecule has 0 aromatic heterocycles. The van der Waals surface area contributed by atoms with Gasteiger partial charge in [0.25, 0.3) is 11.8 Å². The van der Waals surface area contributed by atoms with Crippen molar-refractivity contribution in [2.24, 2.45) is 0 Å². The summed E-state index contributed by atoms with van der Waals surface area (Å²) in [7, 11) is 0. The van der Waals surface area contributed by atoms with Crippen LogP contribution in [0.4, 0.5) is 0 Å². The summed E-state index contributed by atoms with van der Waals surface area (Å²) in [6, 6.07) is 7.04. The van der Waals surface area contributed by atoms with E-state index in [4.69, 9.17) is 4.74 Å². The molecule has 3 N–H and O–H groups in total. The lowest BCUT2D eigenvalue weighted by atomic mass is 10.2. The molecule has 1 aliphatic heterocycles. The Morgan fingerprint density at radius 2 is 1.90 bits per heavy atom. The van der Waals surface area contributed by atoms with Crippen LogP contribution >= 0.6 is 15.9 Å². The van der Waals surface area contributed by atoms with Gasteiger partial charge in [0, 0.05) is 4.47 Å². The van der Waals surface area contributed by atoms with Crippen LogP contribution in [-0.4, -0.2) is 44.7 Å². The first-order valence-electron chi connectivity index (χ1n) is 6.42. The Labute approximate surface area is 125 Å². The number of rotatable bonds is 3. The monoisotopic (exact) mass is 342 g/mol. The molecule has 0 aliphatic carbocycles. The fourth-order valence-corrected chi connectivity index (χ4v) is 2.41. The number of benzene rings is 1. The Bertz CT molecular complexity index is 490. The van der Waals surface area contributed by atoms with Crippen molar-refractivity contribution >= 4 is 27.7 Å². The SMILES string of the molecule is O=C(C[NH+]1CCOCC1)NNC(=O)c1ccccc1Br. The second kappa shape index (κ2) is 7.37. The van der Waals surface area contributed by atoms with Gasteiger partial charge in [0.05, 0.1) is 18.8 Å². The van der Waals surface area contributed by atoms with Crippen molar-refractivity contribution in [3.8, 4) is 0 Å². The number of morpholine rings is 1. The van der Waals surface area contributed by atoms with Gasteiger partial charge in [-0.2, -0.15) is 0 Å². The van der Waals surface area contributed by atoms with E-state index in [-0.39, 0.29) is 11.8 Å². The number of hydrazine groups is 1. The van der Waals surface area contributed by atoms with Gasteiger partial charge in [-0.3, -0.25) is 20.4 Å². The summed E-state index contributed by atoms with van der Waals surface area (Å²) in [6.45, 7) is 3.30. The molecule has 0 saturated carbocycles. The second-order valence-electron chi connectivity index (χ2n) is 4.52. The van der Waals surface area contributed by atoms with Crippen molar-refractivity contribution < 1.29 is 19.2 Å². The quantitative estimate of drug-likeness (QED) is 0.625. The van der Waals surface area contributed by atoms with E-state index in [1.54, 1.807) is 18.2 Å². The maximum atomic E-state index is 11.9. The molecule has 20 heavy (non-hydrogen) atoms. The van der Waals surface area contributed by atoms with E-state index in [1.165, 1.54) is 0 Å².